The van der Waals surface area contributed by atoms with Crippen LogP contribution in [-0.2, 0) is 20.1 Å². The summed E-state index contributed by atoms with van der Waals surface area (Å²) in [6, 6.07) is 6.48. The summed E-state index contributed by atoms with van der Waals surface area (Å²) in [4.78, 5) is 0. The lowest BCUT2D eigenvalue weighted by Gasteiger charge is -2.07. The second kappa shape index (κ2) is 5.88. The van der Waals surface area contributed by atoms with Crippen molar-refractivity contribution < 1.29 is 0 Å². The molecule has 0 aliphatic carbocycles. The zero-order valence-electron chi connectivity index (χ0n) is 11.9. The molecule has 2 aromatic rings. The number of halogens is 1. The standard InChI is InChI=1S/C15H20BrN3/c1-10-5-6-13(7-15(10)16)8-17-9-14-11(2)18-19(4)12(14)3/h5-7,17H,8-9H2,1-4H3. The fourth-order valence-electron chi connectivity index (χ4n) is 2.15. The van der Waals surface area contributed by atoms with Gasteiger partial charge in [0.05, 0.1) is 5.69 Å². The van der Waals surface area contributed by atoms with Crippen LogP contribution in [0.4, 0.5) is 0 Å². The molecule has 0 bridgehead atoms. The molecule has 0 unspecified atom stereocenters. The summed E-state index contributed by atoms with van der Waals surface area (Å²) in [5.41, 5.74) is 6.20. The Morgan fingerprint density at radius 3 is 2.53 bits per heavy atom. The van der Waals surface area contributed by atoms with Crippen LogP contribution in [0.5, 0.6) is 0 Å². The maximum absolute atomic E-state index is 4.43. The van der Waals surface area contributed by atoms with E-state index in [-0.39, 0.29) is 0 Å². The van der Waals surface area contributed by atoms with E-state index in [0.29, 0.717) is 0 Å². The van der Waals surface area contributed by atoms with Gasteiger partial charge in [-0.3, -0.25) is 4.68 Å². The molecule has 1 aromatic heterocycles. The van der Waals surface area contributed by atoms with Crippen LogP contribution in [0.2, 0.25) is 0 Å². The molecule has 3 nitrogen and oxygen atoms in total. The molecular weight excluding hydrogens is 302 g/mol. The first-order valence-electron chi connectivity index (χ1n) is 6.44. The van der Waals surface area contributed by atoms with E-state index in [9.17, 15) is 0 Å². The second-order valence-electron chi connectivity index (χ2n) is 4.96. The minimum Gasteiger partial charge on any atom is -0.308 e. The predicted molar refractivity (Wildman–Crippen MR) is 82.1 cm³/mol. The Bertz CT molecular complexity index is 587. The van der Waals surface area contributed by atoms with Gasteiger partial charge in [0.2, 0.25) is 0 Å². The van der Waals surface area contributed by atoms with Crippen LogP contribution >= 0.6 is 15.9 Å². The van der Waals surface area contributed by atoms with Crippen LogP contribution in [0.25, 0.3) is 0 Å². The first kappa shape index (κ1) is 14.3. The highest BCUT2D eigenvalue weighted by molar-refractivity contribution is 9.10. The van der Waals surface area contributed by atoms with Gasteiger partial charge in [-0.2, -0.15) is 5.10 Å². The van der Waals surface area contributed by atoms with Crippen molar-refractivity contribution in [1.82, 2.24) is 15.1 Å². The van der Waals surface area contributed by atoms with Crippen molar-refractivity contribution in [2.75, 3.05) is 0 Å². The van der Waals surface area contributed by atoms with Gasteiger partial charge in [0.1, 0.15) is 0 Å². The molecular formula is C15H20BrN3. The molecule has 0 spiro atoms. The largest absolute Gasteiger partial charge is 0.308 e. The van der Waals surface area contributed by atoms with E-state index >= 15 is 0 Å². The van der Waals surface area contributed by atoms with Crippen LogP contribution in [0.3, 0.4) is 0 Å². The Morgan fingerprint density at radius 2 is 1.95 bits per heavy atom. The molecule has 0 radical (unpaired) electrons. The lowest BCUT2D eigenvalue weighted by atomic mass is 10.1. The lowest BCUT2D eigenvalue weighted by Crippen LogP contribution is -2.14. The number of nitrogens with one attached hydrogen (secondary N) is 1. The molecule has 19 heavy (non-hydrogen) atoms. The SMILES string of the molecule is Cc1ccc(CNCc2c(C)nn(C)c2C)cc1Br. The zero-order valence-corrected chi connectivity index (χ0v) is 13.5. The maximum atomic E-state index is 4.43. The molecule has 0 saturated carbocycles. The number of nitrogens with zero attached hydrogens (tertiary/aromatic N) is 2. The van der Waals surface area contributed by atoms with Crippen molar-refractivity contribution in [3.8, 4) is 0 Å². The van der Waals surface area contributed by atoms with Gasteiger partial charge in [0.25, 0.3) is 0 Å². The summed E-state index contributed by atoms with van der Waals surface area (Å²) in [7, 11) is 1.99. The van der Waals surface area contributed by atoms with Crippen LogP contribution in [0.1, 0.15) is 28.1 Å². The van der Waals surface area contributed by atoms with Gasteiger partial charge in [0, 0.05) is 35.9 Å². The molecule has 4 heteroatoms. The van der Waals surface area contributed by atoms with E-state index in [4.69, 9.17) is 0 Å². The summed E-state index contributed by atoms with van der Waals surface area (Å²) in [6.45, 7) is 8.00. The predicted octanol–water partition coefficient (Wildman–Crippen LogP) is 3.40. The lowest BCUT2D eigenvalue weighted by molar-refractivity contribution is 0.683. The average molecular weight is 322 g/mol. The highest BCUT2D eigenvalue weighted by Crippen LogP contribution is 2.17. The summed E-state index contributed by atoms with van der Waals surface area (Å²) in [5.74, 6) is 0. The minimum absolute atomic E-state index is 0.858. The Hall–Kier alpha value is -1.13. The topological polar surface area (TPSA) is 29.9 Å². The van der Waals surface area contributed by atoms with Gasteiger partial charge in [-0.1, -0.05) is 28.1 Å². The molecule has 2 rings (SSSR count). The van der Waals surface area contributed by atoms with E-state index < -0.39 is 0 Å². The fourth-order valence-corrected chi connectivity index (χ4v) is 2.58. The second-order valence-corrected chi connectivity index (χ2v) is 5.81. The molecule has 1 heterocycles. The highest BCUT2D eigenvalue weighted by Gasteiger charge is 2.08. The minimum atomic E-state index is 0.858. The molecule has 0 amide bonds. The van der Waals surface area contributed by atoms with Gasteiger partial charge in [0.15, 0.2) is 0 Å². The van der Waals surface area contributed by atoms with E-state index in [1.807, 2.05) is 11.7 Å². The van der Waals surface area contributed by atoms with Crippen molar-refractivity contribution in [3.63, 3.8) is 0 Å². The van der Waals surface area contributed by atoms with E-state index in [1.165, 1.54) is 26.9 Å². The van der Waals surface area contributed by atoms with Crippen LogP contribution in [0, 0.1) is 20.8 Å². The molecule has 1 N–H and O–H groups in total. The van der Waals surface area contributed by atoms with Gasteiger partial charge < -0.3 is 5.32 Å². The number of rotatable bonds is 4. The Balaban J connectivity index is 1.98. The molecule has 1 aromatic carbocycles. The fraction of sp³-hybridized carbons (Fsp3) is 0.400. The summed E-state index contributed by atoms with van der Waals surface area (Å²) in [5, 5.41) is 7.92. The van der Waals surface area contributed by atoms with Crippen molar-refractivity contribution in [1.29, 1.82) is 0 Å². The molecule has 0 saturated heterocycles. The van der Waals surface area contributed by atoms with Crippen molar-refractivity contribution >= 4 is 15.9 Å². The quantitative estimate of drug-likeness (QED) is 0.935. The first-order chi connectivity index (χ1) is 8.99. The third-order valence-electron chi connectivity index (χ3n) is 3.53. The zero-order chi connectivity index (χ0) is 14.0. The normalized spacial score (nSPS) is 11.0. The smallest absolute Gasteiger partial charge is 0.0641 e. The number of aromatic nitrogens is 2. The Kier molecular flexibility index (Phi) is 4.42. The molecule has 0 atom stereocenters. The maximum Gasteiger partial charge on any atom is 0.0641 e. The van der Waals surface area contributed by atoms with Gasteiger partial charge in [-0.15, -0.1) is 0 Å². The third-order valence-corrected chi connectivity index (χ3v) is 4.38. The van der Waals surface area contributed by atoms with Crippen molar-refractivity contribution in [2.24, 2.45) is 7.05 Å². The molecule has 0 aliphatic heterocycles. The number of hydrogen-bond acceptors (Lipinski definition) is 2. The Morgan fingerprint density at radius 1 is 1.21 bits per heavy atom. The monoisotopic (exact) mass is 321 g/mol. The summed E-state index contributed by atoms with van der Waals surface area (Å²) >= 11 is 3.57. The highest BCUT2D eigenvalue weighted by atomic mass is 79.9. The van der Waals surface area contributed by atoms with Gasteiger partial charge in [-0.25, -0.2) is 0 Å². The van der Waals surface area contributed by atoms with E-state index in [2.05, 4.69) is 65.3 Å². The average Bonchev–Trinajstić information content (AvgIpc) is 2.60. The van der Waals surface area contributed by atoms with Crippen molar-refractivity contribution in [2.45, 2.75) is 33.9 Å². The third kappa shape index (κ3) is 3.25. The summed E-state index contributed by atoms with van der Waals surface area (Å²) in [6.07, 6.45) is 0. The van der Waals surface area contributed by atoms with Gasteiger partial charge in [-0.05, 0) is 38.0 Å². The first-order valence-corrected chi connectivity index (χ1v) is 7.23. The van der Waals surface area contributed by atoms with Crippen LogP contribution in [-0.4, -0.2) is 9.78 Å². The molecule has 0 aliphatic rings. The van der Waals surface area contributed by atoms with Crippen LogP contribution < -0.4 is 5.32 Å². The summed E-state index contributed by atoms with van der Waals surface area (Å²) < 4.78 is 3.11. The molecule has 0 fully saturated rings. The number of hydrogen-bond donors (Lipinski definition) is 1. The van der Waals surface area contributed by atoms with Gasteiger partial charge >= 0.3 is 0 Å². The van der Waals surface area contributed by atoms with E-state index in [0.717, 1.165) is 18.8 Å². The number of aryl methyl sites for hydroxylation is 3. The Labute approximate surface area is 123 Å². The number of benzene rings is 1. The van der Waals surface area contributed by atoms with Crippen molar-refractivity contribution in [3.05, 3.63) is 50.8 Å². The van der Waals surface area contributed by atoms with E-state index in [1.54, 1.807) is 0 Å². The van der Waals surface area contributed by atoms with Crippen LogP contribution in [0.15, 0.2) is 22.7 Å². The molecule has 102 valence electrons.